The first kappa shape index (κ1) is 15.8. The third kappa shape index (κ3) is 11.9. The van der Waals surface area contributed by atoms with Crippen molar-refractivity contribution in [3.05, 3.63) is 0 Å². The highest BCUT2D eigenvalue weighted by Crippen LogP contribution is 1.80. The predicted octanol–water partition coefficient (Wildman–Crippen LogP) is -1.20. The summed E-state index contributed by atoms with van der Waals surface area (Å²) in [6.45, 7) is 7.85. The van der Waals surface area contributed by atoms with Crippen molar-refractivity contribution in [2.45, 2.75) is 12.8 Å². The molecule has 0 saturated heterocycles. The summed E-state index contributed by atoms with van der Waals surface area (Å²) in [5.74, 6) is 0. The minimum Gasteiger partial charge on any atom is -0.330 e. The van der Waals surface area contributed by atoms with Gasteiger partial charge in [0.05, 0.1) is 0 Å². The van der Waals surface area contributed by atoms with Crippen LogP contribution in [0.25, 0.3) is 0 Å². The number of hydrogen-bond donors (Lipinski definition) is 4. The molecule has 0 radical (unpaired) electrons. The van der Waals surface area contributed by atoms with E-state index in [9.17, 15) is 0 Å². The average Bonchev–Trinajstić information content (AvgIpc) is 2.28. The summed E-state index contributed by atoms with van der Waals surface area (Å²) in [5, 5.41) is 6.74. The molecule has 0 aliphatic carbocycles. The zero-order valence-electron chi connectivity index (χ0n) is 10.7. The SMILES string of the molecule is CN(CCNCCCN)CCNCCCN. The molecule has 0 aliphatic rings. The van der Waals surface area contributed by atoms with E-state index in [4.69, 9.17) is 11.5 Å². The van der Waals surface area contributed by atoms with Gasteiger partial charge in [0.1, 0.15) is 0 Å². The number of hydrogen-bond acceptors (Lipinski definition) is 5. The molecule has 0 aromatic heterocycles. The maximum atomic E-state index is 5.41. The minimum atomic E-state index is 0.772. The summed E-state index contributed by atoms with van der Waals surface area (Å²) in [5.41, 5.74) is 10.8. The van der Waals surface area contributed by atoms with E-state index < -0.39 is 0 Å². The molecule has 0 unspecified atom stereocenters. The minimum absolute atomic E-state index is 0.772. The van der Waals surface area contributed by atoms with Gasteiger partial charge in [-0.25, -0.2) is 0 Å². The zero-order chi connectivity index (χ0) is 12.1. The molecule has 16 heavy (non-hydrogen) atoms. The first-order valence-corrected chi connectivity index (χ1v) is 6.31. The van der Waals surface area contributed by atoms with Crippen LogP contribution < -0.4 is 22.1 Å². The van der Waals surface area contributed by atoms with E-state index in [0.717, 1.165) is 65.2 Å². The van der Waals surface area contributed by atoms with Crippen molar-refractivity contribution in [1.29, 1.82) is 0 Å². The molecule has 98 valence electrons. The van der Waals surface area contributed by atoms with Crippen LogP contribution in [0.2, 0.25) is 0 Å². The second kappa shape index (κ2) is 12.9. The van der Waals surface area contributed by atoms with Crippen LogP contribution in [0, 0.1) is 0 Å². The lowest BCUT2D eigenvalue weighted by molar-refractivity contribution is 0.329. The number of rotatable bonds is 12. The second-order valence-corrected chi connectivity index (χ2v) is 4.09. The summed E-state index contributed by atoms with van der Waals surface area (Å²) >= 11 is 0. The van der Waals surface area contributed by atoms with Crippen molar-refractivity contribution in [2.75, 3.05) is 59.4 Å². The lowest BCUT2D eigenvalue weighted by atomic mass is 10.4. The zero-order valence-corrected chi connectivity index (χ0v) is 10.7. The Morgan fingerprint density at radius 2 is 1.25 bits per heavy atom. The molecule has 0 fully saturated rings. The van der Waals surface area contributed by atoms with E-state index in [2.05, 4.69) is 22.6 Å². The van der Waals surface area contributed by atoms with E-state index >= 15 is 0 Å². The number of likely N-dealkylation sites (N-methyl/N-ethyl adjacent to an activating group) is 1. The molecule has 0 saturated carbocycles. The van der Waals surface area contributed by atoms with Gasteiger partial charge in [-0.05, 0) is 46.1 Å². The van der Waals surface area contributed by atoms with Crippen molar-refractivity contribution < 1.29 is 0 Å². The van der Waals surface area contributed by atoms with Crippen molar-refractivity contribution >= 4 is 0 Å². The molecule has 0 rings (SSSR count). The maximum absolute atomic E-state index is 5.41. The molecule has 0 bridgehead atoms. The van der Waals surface area contributed by atoms with Crippen LogP contribution >= 0.6 is 0 Å². The molecule has 0 amide bonds. The average molecular weight is 231 g/mol. The summed E-state index contributed by atoms with van der Waals surface area (Å²) in [7, 11) is 2.15. The van der Waals surface area contributed by atoms with Gasteiger partial charge in [0.15, 0.2) is 0 Å². The number of nitrogens with two attached hydrogens (primary N) is 2. The van der Waals surface area contributed by atoms with Crippen molar-refractivity contribution in [2.24, 2.45) is 11.5 Å². The van der Waals surface area contributed by atoms with Crippen LogP contribution in [-0.2, 0) is 0 Å². The fourth-order valence-corrected chi connectivity index (χ4v) is 1.36. The molecular weight excluding hydrogens is 202 g/mol. The fourth-order valence-electron chi connectivity index (χ4n) is 1.36. The lowest BCUT2D eigenvalue weighted by Gasteiger charge is -2.17. The Hall–Kier alpha value is -0.200. The molecule has 0 heterocycles. The Kier molecular flexibility index (Phi) is 12.7. The third-order valence-electron chi connectivity index (χ3n) is 2.46. The van der Waals surface area contributed by atoms with Gasteiger partial charge < -0.3 is 27.0 Å². The van der Waals surface area contributed by atoms with Crippen molar-refractivity contribution in [3.63, 3.8) is 0 Å². The first-order valence-electron chi connectivity index (χ1n) is 6.31. The van der Waals surface area contributed by atoms with Gasteiger partial charge >= 0.3 is 0 Å². The van der Waals surface area contributed by atoms with E-state index in [-0.39, 0.29) is 0 Å². The van der Waals surface area contributed by atoms with E-state index in [1.807, 2.05) is 0 Å². The monoisotopic (exact) mass is 231 g/mol. The van der Waals surface area contributed by atoms with Gasteiger partial charge in [0.2, 0.25) is 0 Å². The van der Waals surface area contributed by atoms with Crippen LogP contribution in [0.3, 0.4) is 0 Å². The Labute approximate surface area is 99.9 Å². The van der Waals surface area contributed by atoms with E-state index in [1.165, 1.54) is 0 Å². The summed E-state index contributed by atoms with van der Waals surface area (Å²) < 4.78 is 0. The highest BCUT2D eigenvalue weighted by Gasteiger charge is 1.96. The van der Waals surface area contributed by atoms with Gasteiger partial charge in [-0.15, -0.1) is 0 Å². The Morgan fingerprint density at radius 1 is 0.812 bits per heavy atom. The van der Waals surface area contributed by atoms with Gasteiger partial charge in [-0.3, -0.25) is 0 Å². The standard InChI is InChI=1S/C11H29N5/c1-16(10-8-14-6-2-4-12)11-9-15-7-3-5-13/h14-15H,2-13H2,1H3. The van der Waals surface area contributed by atoms with E-state index in [0.29, 0.717) is 0 Å². The Bertz CT molecular complexity index is 118. The number of nitrogens with zero attached hydrogens (tertiary/aromatic N) is 1. The summed E-state index contributed by atoms with van der Waals surface area (Å²) in [6, 6.07) is 0. The second-order valence-electron chi connectivity index (χ2n) is 4.09. The van der Waals surface area contributed by atoms with Crippen molar-refractivity contribution in [1.82, 2.24) is 15.5 Å². The molecule has 0 atom stereocenters. The molecule has 0 aromatic rings. The fraction of sp³-hybridized carbons (Fsp3) is 1.00. The highest BCUT2D eigenvalue weighted by atomic mass is 15.1. The lowest BCUT2D eigenvalue weighted by Crippen LogP contribution is -2.35. The summed E-state index contributed by atoms with van der Waals surface area (Å²) in [4.78, 5) is 2.32. The number of nitrogens with one attached hydrogen (secondary N) is 2. The molecular formula is C11H29N5. The van der Waals surface area contributed by atoms with Crippen LogP contribution in [0.5, 0.6) is 0 Å². The normalized spacial score (nSPS) is 11.2. The Morgan fingerprint density at radius 3 is 1.62 bits per heavy atom. The van der Waals surface area contributed by atoms with Gasteiger partial charge in [0, 0.05) is 26.2 Å². The smallest absolute Gasteiger partial charge is 0.0104 e. The van der Waals surface area contributed by atoms with Gasteiger partial charge in [-0.2, -0.15) is 0 Å². The van der Waals surface area contributed by atoms with E-state index in [1.54, 1.807) is 0 Å². The molecule has 0 aromatic carbocycles. The molecule has 6 N–H and O–H groups in total. The predicted molar refractivity (Wildman–Crippen MR) is 70.6 cm³/mol. The highest BCUT2D eigenvalue weighted by molar-refractivity contribution is 4.57. The third-order valence-corrected chi connectivity index (χ3v) is 2.46. The molecule has 5 nitrogen and oxygen atoms in total. The molecule has 5 heteroatoms. The quantitative estimate of drug-likeness (QED) is 0.317. The van der Waals surface area contributed by atoms with Crippen LogP contribution in [0.4, 0.5) is 0 Å². The van der Waals surface area contributed by atoms with Gasteiger partial charge in [0.25, 0.3) is 0 Å². The van der Waals surface area contributed by atoms with Crippen molar-refractivity contribution in [3.8, 4) is 0 Å². The summed E-state index contributed by atoms with van der Waals surface area (Å²) in [6.07, 6.45) is 2.12. The maximum Gasteiger partial charge on any atom is 0.0104 e. The van der Waals surface area contributed by atoms with Gasteiger partial charge in [-0.1, -0.05) is 0 Å². The first-order chi connectivity index (χ1) is 7.81. The Balaban J connectivity index is 3.09. The molecule has 0 aliphatic heterocycles. The van der Waals surface area contributed by atoms with Crippen LogP contribution in [0.1, 0.15) is 12.8 Å². The largest absolute Gasteiger partial charge is 0.330 e. The topological polar surface area (TPSA) is 79.3 Å². The van der Waals surface area contributed by atoms with Crippen LogP contribution in [-0.4, -0.2) is 64.3 Å². The van der Waals surface area contributed by atoms with Crippen LogP contribution in [0.15, 0.2) is 0 Å². The molecule has 0 spiro atoms.